The third kappa shape index (κ3) is 3.32. The second-order valence-electron chi connectivity index (χ2n) is 6.19. The van der Waals surface area contributed by atoms with Crippen molar-refractivity contribution < 1.29 is 0 Å². The highest BCUT2D eigenvalue weighted by Crippen LogP contribution is 2.33. The van der Waals surface area contributed by atoms with Crippen LogP contribution < -0.4 is 5.73 Å². The number of aryl methyl sites for hydroxylation is 1. The fourth-order valence-electron chi connectivity index (χ4n) is 2.83. The summed E-state index contributed by atoms with van der Waals surface area (Å²) in [7, 11) is 0. The maximum Gasteiger partial charge on any atom is 0.108 e. The summed E-state index contributed by atoms with van der Waals surface area (Å²) in [5.41, 5.74) is 8.40. The van der Waals surface area contributed by atoms with E-state index in [0.29, 0.717) is 5.92 Å². The molecular weight excluding hydrogens is 210 g/mol. The molecule has 0 radical (unpaired) electrons. The Labute approximate surface area is 104 Å². The van der Waals surface area contributed by atoms with Gasteiger partial charge in [-0.2, -0.15) is 0 Å². The largest absolute Gasteiger partial charge is 0.346 e. The zero-order valence-electron chi connectivity index (χ0n) is 11.3. The Balaban J connectivity index is 2.12. The van der Waals surface area contributed by atoms with Crippen LogP contribution >= 0.6 is 0 Å². The van der Waals surface area contributed by atoms with E-state index in [0.717, 1.165) is 12.2 Å². The van der Waals surface area contributed by atoms with Crippen LogP contribution in [0.4, 0.5) is 0 Å². The van der Waals surface area contributed by atoms with Crippen molar-refractivity contribution in [2.24, 2.45) is 5.73 Å². The van der Waals surface area contributed by atoms with E-state index in [-0.39, 0.29) is 5.54 Å². The van der Waals surface area contributed by atoms with Gasteiger partial charge in [-0.15, -0.1) is 0 Å². The second kappa shape index (κ2) is 4.81. The summed E-state index contributed by atoms with van der Waals surface area (Å²) in [5.74, 6) is 1.73. The molecule has 1 aliphatic carbocycles. The van der Waals surface area contributed by atoms with Gasteiger partial charge in [0.15, 0.2) is 0 Å². The topological polar surface area (TPSA) is 54.7 Å². The molecule has 3 N–H and O–H groups in total. The second-order valence-corrected chi connectivity index (χ2v) is 6.19. The molecule has 1 aliphatic rings. The summed E-state index contributed by atoms with van der Waals surface area (Å²) < 4.78 is 0. The number of H-pyrrole nitrogens is 1. The van der Waals surface area contributed by atoms with Crippen LogP contribution in [0.25, 0.3) is 0 Å². The van der Waals surface area contributed by atoms with E-state index < -0.39 is 0 Å². The highest BCUT2D eigenvalue weighted by molar-refractivity contribution is 5.19. The van der Waals surface area contributed by atoms with E-state index in [9.17, 15) is 0 Å². The monoisotopic (exact) mass is 235 g/mol. The van der Waals surface area contributed by atoms with Crippen LogP contribution in [0.1, 0.15) is 69.1 Å². The van der Waals surface area contributed by atoms with Gasteiger partial charge in [-0.1, -0.05) is 19.3 Å². The molecule has 96 valence electrons. The number of nitrogens with one attached hydrogen (secondary N) is 1. The summed E-state index contributed by atoms with van der Waals surface area (Å²) in [6.45, 7) is 6.24. The summed E-state index contributed by atoms with van der Waals surface area (Å²) in [6.07, 6.45) is 7.53. The third-order valence-corrected chi connectivity index (χ3v) is 3.59. The summed E-state index contributed by atoms with van der Waals surface area (Å²) in [5, 5.41) is 0. The minimum absolute atomic E-state index is 0.186. The first kappa shape index (κ1) is 12.6. The number of rotatable bonds is 3. The Bertz CT molecular complexity index is 367. The van der Waals surface area contributed by atoms with Crippen LogP contribution in [0.2, 0.25) is 0 Å². The van der Waals surface area contributed by atoms with Crippen molar-refractivity contribution in [3.8, 4) is 0 Å². The average molecular weight is 235 g/mol. The van der Waals surface area contributed by atoms with E-state index in [1.165, 1.54) is 43.5 Å². The van der Waals surface area contributed by atoms with Crippen molar-refractivity contribution in [1.82, 2.24) is 9.97 Å². The van der Waals surface area contributed by atoms with Crippen molar-refractivity contribution >= 4 is 0 Å². The molecule has 0 amide bonds. The molecule has 3 nitrogen and oxygen atoms in total. The average Bonchev–Trinajstić information content (AvgIpc) is 2.58. The Hall–Kier alpha value is -0.830. The van der Waals surface area contributed by atoms with Crippen molar-refractivity contribution in [2.45, 2.75) is 70.8 Å². The van der Waals surface area contributed by atoms with Crippen molar-refractivity contribution in [3.05, 3.63) is 17.2 Å². The van der Waals surface area contributed by atoms with Crippen LogP contribution in [0, 0.1) is 6.92 Å². The predicted molar refractivity (Wildman–Crippen MR) is 71.1 cm³/mol. The van der Waals surface area contributed by atoms with Gasteiger partial charge in [0.25, 0.3) is 0 Å². The number of nitrogens with zero attached hydrogens (tertiary/aromatic N) is 1. The zero-order valence-corrected chi connectivity index (χ0v) is 11.3. The quantitative estimate of drug-likeness (QED) is 0.846. The first-order valence-corrected chi connectivity index (χ1v) is 6.80. The van der Waals surface area contributed by atoms with Gasteiger partial charge >= 0.3 is 0 Å². The van der Waals surface area contributed by atoms with Crippen LogP contribution in [0.5, 0.6) is 0 Å². The highest BCUT2D eigenvalue weighted by Gasteiger charge is 2.22. The van der Waals surface area contributed by atoms with Gasteiger partial charge in [0.1, 0.15) is 5.82 Å². The molecule has 0 spiro atoms. The lowest BCUT2D eigenvalue weighted by molar-refractivity contribution is 0.435. The Morgan fingerprint density at radius 3 is 2.53 bits per heavy atom. The molecule has 0 aromatic carbocycles. The van der Waals surface area contributed by atoms with Gasteiger partial charge in [-0.05, 0) is 33.6 Å². The van der Waals surface area contributed by atoms with Gasteiger partial charge < -0.3 is 10.7 Å². The zero-order chi connectivity index (χ0) is 12.5. The van der Waals surface area contributed by atoms with E-state index in [1.54, 1.807) is 0 Å². The molecule has 3 heteroatoms. The standard InChI is InChI=1S/C14H25N3/c1-10-13(11-7-5-4-6-8-11)17-12(16-10)9-14(2,3)15/h11H,4-9,15H2,1-3H3,(H,16,17). The van der Waals surface area contributed by atoms with Crippen molar-refractivity contribution in [2.75, 3.05) is 0 Å². The highest BCUT2D eigenvalue weighted by atomic mass is 14.9. The molecule has 0 unspecified atom stereocenters. The molecule has 17 heavy (non-hydrogen) atoms. The maximum atomic E-state index is 6.05. The van der Waals surface area contributed by atoms with Gasteiger partial charge in [0.05, 0.1) is 5.69 Å². The number of imidazole rings is 1. The van der Waals surface area contributed by atoms with Crippen LogP contribution in [0.3, 0.4) is 0 Å². The molecule has 2 rings (SSSR count). The molecule has 1 aromatic heterocycles. The van der Waals surface area contributed by atoms with Crippen LogP contribution in [0.15, 0.2) is 0 Å². The van der Waals surface area contributed by atoms with Crippen molar-refractivity contribution in [1.29, 1.82) is 0 Å². The summed E-state index contributed by atoms with van der Waals surface area (Å²) in [4.78, 5) is 8.19. The number of aromatic nitrogens is 2. The first-order chi connectivity index (χ1) is 7.96. The molecule has 0 aliphatic heterocycles. The van der Waals surface area contributed by atoms with Crippen LogP contribution in [-0.2, 0) is 6.42 Å². The third-order valence-electron chi connectivity index (χ3n) is 3.59. The molecule has 0 atom stereocenters. The van der Waals surface area contributed by atoms with E-state index in [4.69, 9.17) is 10.7 Å². The van der Waals surface area contributed by atoms with Gasteiger partial charge in [0, 0.05) is 23.6 Å². The van der Waals surface area contributed by atoms with Gasteiger partial charge in [0.2, 0.25) is 0 Å². The Morgan fingerprint density at radius 2 is 1.94 bits per heavy atom. The number of nitrogens with two attached hydrogens (primary N) is 1. The molecule has 1 saturated carbocycles. The minimum atomic E-state index is -0.186. The lowest BCUT2D eigenvalue weighted by Crippen LogP contribution is -2.34. The SMILES string of the molecule is Cc1[nH]c(CC(C)(C)N)nc1C1CCCCC1. The molecule has 1 aromatic rings. The normalized spacial score (nSPS) is 18.6. The summed E-state index contributed by atoms with van der Waals surface area (Å²) in [6, 6.07) is 0. The maximum absolute atomic E-state index is 6.05. The number of hydrogen-bond donors (Lipinski definition) is 2. The van der Waals surface area contributed by atoms with E-state index >= 15 is 0 Å². The smallest absolute Gasteiger partial charge is 0.108 e. The lowest BCUT2D eigenvalue weighted by atomic mass is 9.86. The molecule has 0 bridgehead atoms. The molecular formula is C14H25N3. The summed E-state index contributed by atoms with van der Waals surface area (Å²) >= 11 is 0. The molecule has 1 heterocycles. The fourth-order valence-corrected chi connectivity index (χ4v) is 2.83. The number of hydrogen-bond acceptors (Lipinski definition) is 2. The number of aromatic amines is 1. The predicted octanol–water partition coefficient (Wildman–Crippen LogP) is 3.05. The van der Waals surface area contributed by atoms with Crippen molar-refractivity contribution in [3.63, 3.8) is 0 Å². The first-order valence-electron chi connectivity index (χ1n) is 6.80. The minimum Gasteiger partial charge on any atom is -0.346 e. The molecule has 0 saturated heterocycles. The lowest BCUT2D eigenvalue weighted by Gasteiger charge is -2.20. The Morgan fingerprint density at radius 1 is 1.29 bits per heavy atom. The van der Waals surface area contributed by atoms with Crippen LogP contribution in [-0.4, -0.2) is 15.5 Å². The van der Waals surface area contributed by atoms with E-state index in [2.05, 4.69) is 11.9 Å². The molecule has 1 fully saturated rings. The Kier molecular flexibility index (Phi) is 3.57. The fraction of sp³-hybridized carbons (Fsp3) is 0.786. The van der Waals surface area contributed by atoms with E-state index in [1.807, 2.05) is 13.8 Å². The van der Waals surface area contributed by atoms with Gasteiger partial charge in [-0.25, -0.2) is 4.98 Å². The van der Waals surface area contributed by atoms with Gasteiger partial charge in [-0.3, -0.25) is 0 Å².